The van der Waals surface area contributed by atoms with Crippen molar-refractivity contribution in [3.05, 3.63) is 75.7 Å². The molecule has 1 aliphatic heterocycles. The SMILES string of the molecule is O[C@@H]1CN(Cc2c(F)ccc(Cl)c2Cl)C[C@H]1Cc1ccnc2ccccc12. The first-order chi connectivity index (χ1) is 13.0. The molecule has 1 aliphatic rings. The smallest absolute Gasteiger partial charge is 0.129 e. The van der Waals surface area contributed by atoms with Crippen molar-refractivity contribution < 1.29 is 9.50 Å². The van der Waals surface area contributed by atoms with E-state index in [0.717, 1.165) is 17.3 Å². The fourth-order valence-electron chi connectivity index (χ4n) is 3.82. The summed E-state index contributed by atoms with van der Waals surface area (Å²) >= 11 is 12.2. The largest absolute Gasteiger partial charge is 0.391 e. The van der Waals surface area contributed by atoms with Gasteiger partial charge in [-0.25, -0.2) is 4.39 Å². The van der Waals surface area contributed by atoms with Gasteiger partial charge in [-0.2, -0.15) is 0 Å². The summed E-state index contributed by atoms with van der Waals surface area (Å²) < 4.78 is 14.2. The second-order valence-electron chi connectivity index (χ2n) is 7.03. The molecule has 0 unspecified atom stereocenters. The Morgan fingerprint density at radius 1 is 1.11 bits per heavy atom. The van der Waals surface area contributed by atoms with E-state index >= 15 is 0 Å². The van der Waals surface area contributed by atoms with Crippen molar-refractivity contribution in [2.75, 3.05) is 13.1 Å². The Balaban J connectivity index is 1.51. The minimum atomic E-state index is -0.474. The second-order valence-corrected chi connectivity index (χ2v) is 7.82. The lowest BCUT2D eigenvalue weighted by Crippen LogP contribution is -2.22. The van der Waals surface area contributed by atoms with Crippen LogP contribution in [0.1, 0.15) is 11.1 Å². The number of para-hydroxylation sites is 1. The van der Waals surface area contributed by atoms with Gasteiger partial charge in [0.05, 0.1) is 21.7 Å². The van der Waals surface area contributed by atoms with Crippen LogP contribution >= 0.6 is 23.2 Å². The van der Waals surface area contributed by atoms with Gasteiger partial charge in [0, 0.05) is 42.7 Å². The zero-order chi connectivity index (χ0) is 19.0. The molecule has 6 heteroatoms. The molecule has 2 aromatic carbocycles. The van der Waals surface area contributed by atoms with Crippen LogP contribution in [-0.4, -0.2) is 34.2 Å². The van der Waals surface area contributed by atoms with Crippen LogP contribution < -0.4 is 0 Å². The van der Waals surface area contributed by atoms with Crippen LogP contribution in [0.3, 0.4) is 0 Å². The fraction of sp³-hybridized carbons (Fsp3) is 0.286. The highest BCUT2D eigenvalue weighted by Gasteiger charge is 2.32. The highest BCUT2D eigenvalue weighted by Crippen LogP contribution is 2.31. The maximum atomic E-state index is 14.2. The second kappa shape index (κ2) is 7.72. The van der Waals surface area contributed by atoms with Gasteiger partial charge in [-0.05, 0) is 36.2 Å². The number of rotatable bonds is 4. The van der Waals surface area contributed by atoms with Gasteiger partial charge in [0.2, 0.25) is 0 Å². The normalized spacial score (nSPS) is 20.4. The molecule has 0 aliphatic carbocycles. The monoisotopic (exact) mass is 404 g/mol. The summed E-state index contributed by atoms with van der Waals surface area (Å²) in [6, 6.07) is 12.8. The molecule has 140 valence electrons. The van der Waals surface area contributed by atoms with Crippen molar-refractivity contribution in [1.82, 2.24) is 9.88 Å². The maximum absolute atomic E-state index is 14.2. The number of benzene rings is 2. The van der Waals surface area contributed by atoms with E-state index in [4.69, 9.17) is 23.2 Å². The van der Waals surface area contributed by atoms with Crippen LogP contribution in [0.4, 0.5) is 4.39 Å². The Morgan fingerprint density at radius 2 is 1.93 bits per heavy atom. The number of aromatic nitrogens is 1. The Kier molecular flexibility index (Phi) is 5.33. The predicted molar refractivity (Wildman–Crippen MR) is 107 cm³/mol. The number of fused-ring (bicyclic) bond motifs is 1. The van der Waals surface area contributed by atoms with Gasteiger partial charge in [-0.3, -0.25) is 9.88 Å². The van der Waals surface area contributed by atoms with E-state index in [1.54, 1.807) is 6.20 Å². The van der Waals surface area contributed by atoms with Crippen molar-refractivity contribution in [1.29, 1.82) is 0 Å². The number of halogens is 3. The molecule has 4 rings (SSSR count). The third kappa shape index (κ3) is 3.81. The van der Waals surface area contributed by atoms with Crippen molar-refractivity contribution in [2.24, 2.45) is 5.92 Å². The van der Waals surface area contributed by atoms with Gasteiger partial charge in [0.1, 0.15) is 5.82 Å². The van der Waals surface area contributed by atoms with E-state index in [1.807, 2.05) is 29.2 Å². The third-order valence-electron chi connectivity index (χ3n) is 5.22. The molecule has 0 saturated carbocycles. The third-order valence-corrected chi connectivity index (χ3v) is 6.07. The van der Waals surface area contributed by atoms with Gasteiger partial charge < -0.3 is 5.11 Å². The predicted octanol–water partition coefficient (Wildman–Crippen LogP) is 4.72. The first-order valence-electron chi connectivity index (χ1n) is 8.88. The molecule has 1 aromatic heterocycles. The average molecular weight is 405 g/mol. The number of pyridine rings is 1. The molecule has 0 bridgehead atoms. The van der Waals surface area contributed by atoms with E-state index in [0.29, 0.717) is 30.2 Å². The Bertz CT molecular complexity index is 976. The number of hydrogen-bond donors (Lipinski definition) is 1. The van der Waals surface area contributed by atoms with E-state index in [-0.39, 0.29) is 16.8 Å². The highest BCUT2D eigenvalue weighted by molar-refractivity contribution is 6.42. The lowest BCUT2D eigenvalue weighted by molar-refractivity contribution is 0.141. The summed E-state index contributed by atoms with van der Waals surface area (Å²) in [5.74, 6) is -0.306. The summed E-state index contributed by atoms with van der Waals surface area (Å²) in [7, 11) is 0. The van der Waals surface area contributed by atoms with Crippen molar-refractivity contribution in [2.45, 2.75) is 19.1 Å². The molecule has 1 saturated heterocycles. The van der Waals surface area contributed by atoms with E-state index in [1.165, 1.54) is 17.7 Å². The highest BCUT2D eigenvalue weighted by atomic mass is 35.5. The zero-order valence-electron chi connectivity index (χ0n) is 14.6. The van der Waals surface area contributed by atoms with Crippen molar-refractivity contribution in [3.63, 3.8) is 0 Å². The van der Waals surface area contributed by atoms with E-state index in [2.05, 4.69) is 11.1 Å². The van der Waals surface area contributed by atoms with E-state index < -0.39 is 6.10 Å². The number of nitrogens with zero attached hydrogens (tertiary/aromatic N) is 2. The minimum absolute atomic E-state index is 0.0665. The molecule has 3 aromatic rings. The van der Waals surface area contributed by atoms with Crippen molar-refractivity contribution in [3.8, 4) is 0 Å². The summed E-state index contributed by atoms with van der Waals surface area (Å²) in [4.78, 5) is 6.42. The first-order valence-corrected chi connectivity index (χ1v) is 9.64. The Hall–Kier alpha value is -1.72. The molecular weight excluding hydrogens is 386 g/mol. The van der Waals surface area contributed by atoms with Crippen LogP contribution in [-0.2, 0) is 13.0 Å². The minimum Gasteiger partial charge on any atom is -0.391 e. The number of aliphatic hydroxyl groups is 1. The molecule has 1 N–H and O–H groups in total. The molecule has 2 heterocycles. The molecular formula is C21H19Cl2FN2O. The summed E-state index contributed by atoms with van der Waals surface area (Å²) in [6.07, 6.45) is 2.07. The van der Waals surface area contributed by atoms with Gasteiger partial charge in [-0.1, -0.05) is 41.4 Å². The quantitative estimate of drug-likeness (QED) is 0.639. The lowest BCUT2D eigenvalue weighted by Gasteiger charge is -2.18. The molecule has 27 heavy (non-hydrogen) atoms. The molecule has 2 atom stereocenters. The number of likely N-dealkylation sites (tertiary alicyclic amines) is 1. The average Bonchev–Trinajstić information content (AvgIpc) is 3.01. The van der Waals surface area contributed by atoms with Gasteiger partial charge in [-0.15, -0.1) is 0 Å². The fourth-order valence-corrected chi connectivity index (χ4v) is 4.21. The summed E-state index contributed by atoms with van der Waals surface area (Å²) in [5.41, 5.74) is 2.50. The van der Waals surface area contributed by atoms with Crippen LogP contribution in [0.25, 0.3) is 10.9 Å². The Morgan fingerprint density at radius 3 is 2.78 bits per heavy atom. The number of β-amino-alcohol motifs (C(OH)–C–C–N with tert-alkyl or cyclic N) is 1. The van der Waals surface area contributed by atoms with Crippen molar-refractivity contribution >= 4 is 34.1 Å². The molecule has 0 radical (unpaired) electrons. The van der Waals surface area contributed by atoms with Gasteiger partial charge in [0.25, 0.3) is 0 Å². The van der Waals surface area contributed by atoms with Crippen LogP contribution in [0, 0.1) is 11.7 Å². The summed E-state index contributed by atoms with van der Waals surface area (Å²) in [6.45, 7) is 1.48. The zero-order valence-corrected chi connectivity index (χ0v) is 16.1. The van der Waals surface area contributed by atoms with Crippen LogP contribution in [0.2, 0.25) is 10.0 Å². The maximum Gasteiger partial charge on any atom is 0.129 e. The van der Waals surface area contributed by atoms with Crippen LogP contribution in [0.15, 0.2) is 48.7 Å². The lowest BCUT2D eigenvalue weighted by atomic mass is 9.94. The first kappa shape index (κ1) is 18.6. The van der Waals surface area contributed by atoms with E-state index in [9.17, 15) is 9.50 Å². The number of hydrogen-bond acceptors (Lipinski definition) is 3. The summed E-state index contributed by atoms with van der Waals surface area (Å²) in [5, 5.41) is 12.2. The topological polar surface area (TPSA) is 36.4 Å². The number of aliphatic hydroxyl groups excluding tert-OH is 1. The van der Waals surface area contributed by atoms with Gasteiger partial charge >= 0.3 is 0 Å². The molecule has 0 amide bonds. The van der Waals surface area contributed by atoms with Gasteiger partial charge in [0.15, 0.2) is 0 Å². The van der Waals surface area contributed by atoms with Crippen LogP contribution in [0.5, 0.6) is 0 Å². The molecule has 1 fully saturated rings. The molecule has 0 spiro atoms. The standard InChI is InChI=1S/C21H19Cl2FN2O/c22-17-5-6-18(24)16(21(17)23)11-26-10-14(20(27)12-26)9-13-7-8-25-19-4-2-1-3-15(13)19/h1-8,14,20,27H,9-12H2/t14-,20-/m1/s1. The molecule has 3 nitrogen and oxygen atoms in total. The Labute approximate surface area is 167 Å².